The lowest BCUT2D eigenvalue weighted by atomic mass is 10.2. The molecule has 3 rings (SSSR count). The molecule has 0 saturated heterocycles. The SMILES string of the molecule is Cc1ccc(-n2c(=O)[nH]cc(C(=O)Nc3cccc(C)c3)c2=O)cc1. The van der Waals surface area contributed by atoms with Crippen molar-refractivity contribution in [1.29, 1.82) is 0 Å². The second-order valence-corrected chi connectivity index (χ2v) is 5.81. The van der Waals surface area contributed by atoms with Crippen molar-refractivity contribution < 1.29 is 4.79 Å². The summed E-state index contributed by atoms with van der Waals surface area (Å²) in [5, 5.41) is 2.67. The molecular weight excluding hydrogens is 318 g/mol. The fraction of sp³-hybridized carbons (Fsp3) is 0.105. The van der Waals surface area contributed by atoms with E-state index in [9.17, 15) is 14.4 Å². The van der Waals surface area contributed by atoms with E-state index in [0.29, 0.717) is 11.4 Å². The Morgan fingerprint density at radius 2 is 1.72 bits per heavy atom. The van der Waals surface area contributed by atoms with Crippen molar-refractivity contribution in [3.63, 3.8) is 0 Å². The number of anilines is 1. The zero-order chi connectivity index (χ0) is 18.0. The minimum atomic E-state index is -0.669. The Hall–Kier alpha value is -3.41. The van der Waals surface area contributed by atoms with E-state index < -0.39 is 17.2 Å². The molecule has 0 radical (unpaired) electrons. The number of hydrogen-bond acceptors (Lipinski definition) is 3. The normalized spacial score (nSPS) is 10.5. The Balaban J connectivity index is 2.02. The quantitative estimate of drug-likeness (QED) is 0.771. The number of aromatic nitrogens is 2. The first-order valence-corrected chi connectivity index (χ1v) is 7.75. The molecule has 6 heteroatoms. The minimum absolute atomic E-state index is 0.137. The molecule has 0 aliphatic rings. The molecule has 1 heterocycles. The van der Waals surface area contributed by atoms with Gasteiger partial charge >= 0.3 is 5.69 Å². The Bertz CT molecular complexity index is 1050. The molecule has 2 aromatic carbocycles. The van der Waals surface area contributed by atoms with Crippen LogP contribution in [0.1, 0.15) is 21.5 Å². The van der Waals surface area contributed by atoms with Crippen LogP contribution in [0.15, 0.2) is 64.3 Å². The highest BCUT2D eigenvalue weighted by atomic mass is 16.2. The van der Waals surface area contributed by atoms with Crippen LogP contribution >= 0.6 is 0 Å². The highest BCUT2D eigenvalue weighted by Gasteiger charge is 2.16. The first kappa shape index (κ1) is 16.4. The van der Waals surface area contributed by atoms with Gasteiger partial charge in [-0.05, 0) is 43.7 Å². The zero-order valence-electron chi connectivity index (χ0n) is 13.9. The van der Waals surface area contributed by atoms with Crippen LogP contribution in [-0.4, -0.2) is 15.5 Å². The second-order valence-electron chi connectivity index (χ2n) is 5.81. The number of carbonyl (C=O) groups excluding carboxylic acids is 1. The Morgan fingerprint density at radius 1 is 1.00 bits per heavy atom. The van der Waals surface area contributed by atoms with Gasteiger partial charge in [-0.3, -0.25) is 9.59 Å². The molecule has 1 amide bonds. The van der Waals surface area contributed by atoms with Gasteiger partial charge in [0, 0.05) is 11.9 Å². The number of H-pyrrole nitrogens is 1. The highest BCUT2D eigenvalue weighted by molar-refractivity contribution is 6.03. The van der Waals surface area contributed by atoms with Crippen LogP contribution in [0.5, 0.6) is 0 Å². The lowest BCUT2D eigenvalue weighted by Crippen LogP contribution is -2.38. The van der Waals surface area contributed by atoms with Gasteiger partial charge in [-0.25, -0.2) is 9.36 Å². The van der Waals surface area contributed by atoms with Crippen LogP contribution < -0.4 is 16.6 Å². The fourth-order valence-corrected chi connectivity index (χ4v) is 2.49. The molecule has 0 aliphatic carbocycles. The van der Waals surface area contributed by atoms with Crippen molar-refractivity contribution in [3.8, 4) is 5.69 Å². The first-order chi connectivity index (χ1) is 12.0. The van der Waals surface area contributed by atoms with Crippen molar-refractivity contribution in [1.82, 2.24) is 9.55 Å². The fourth-order valence-electron chi connectivity index (χ4n) is 2.49. The van der Waals surface area contributed by atoms with Crippen LogP contribution in [-0.2, 0) is 0 Å². The number of nitrogens with zero attached hydrogens (tertiary/aromatic N) is 1. The number of carbonyl (C=O) groups is 1. The smallest absolute Gasteiger partial charge is 0.322 e. The maximum absolute atomic E-state index is 12.7. The van der Waals surface area contributed by atoms with Gasteiger partial charge in [0.1, 0.15) is 5.56 Å². The maximum atomic E-state index is 12.7. The van der Waals surface area contributed by atoms with Gasteiger partial charge < -0.3 is 10.3 Å². The van der Waals surface area contributed by atoms with Gasteiger partial charge in [-0.1, -0.05) is 29.8 Å². The average molecular weight is 335 g/mol. The Labute approximate surface area is 143 Å². The summed E-state index contributed by atoms with van der Waals surface area (Å²) in [6, 6.07) is 14.1. The molecule has 0 saturated carbocycles. The highest BCUT2D eigenvalue weighted by Crippen LogP contribution is 2.10. The first-order valence-electron chi connectivity index (χ1n) is 7.75. The maximum Gasteiger partial charge on any atom is 0.333 e. The third-order valence-electron chi connectivity index (χ3n) is 3.79. The van der Waals surface area contributed by atoms with Crippen LogP contribution in [0.3, 0.4) is 0 Å². The third-order valence-corrected chi connectivity index (χ3v) is 3.79. The summed E-state index contributed by atoms with van der Waals surface area (Å²) in [6.45, 7) is 3.81. The molecule has 0 atom stereocenters. The molecule has 0 fully saturated rings. The molecule has 6 nitrogen and oxygen atoms in total. The number of nitrogens with one attached hydrogen (secondary N) is 2. The van der Waals surface area contributed by atoms with Gasteiger partial charge in [0.05, 0.1) is 5.69 Å². The van der Waals surface area contributed by atoms with Gasteiger partial charge in [-0.2, -0.15) is 0 Å². The number of benzene rings is 2. The molecule has 2 N–H and O–H groups in total. The van der Waals surface area contributed by atoms with E-state index in [1.54, 1.807) is 36.4 Å². The molecule has 0 aliphatic heterocycles. The molecule has 25 heavy (non-hydrogen) atoms. The largest absolute Gasteiger partial charge is 0.333 e. The monoisotopic (exact) mass is 335 g/mol. The number of aromatic amines is 1. The third kappa shape index (κ3) is 3.42. The zero-order valence-corrected chi connectivity index (χ0v) is 13.9. The van der Waals surface area contributed by atoms with E-state index in [-0.39, 0.29) is 5.56 Å². The molecule has 0 spiro atoms. The van der Waals surface area contributed by atoms with Crippen molar-refractivity contribution in [2.45, 2.75) is 13.8 Å². The topological polar surface area (TPSA) is 84.0 Å². The summed E-state index contributed by atoms with van der Waals surface area (Å²) in [4.78, 5) is 39.6. The van der Waals surface area contributed by atoms with Crippen LogP contribution in [0.4, 0.5) is 5.69 Å². The summed E-state index contributed by atoms with van der Waals surface area (Å²) in [5.41, 5.74) is 1.57. The van der Waals surface area contributed by atoms with E-state index in [4.69, 9.17) is 0 Å². The predicted octanol–water partition coefficient (Wildman–Crippen LogP) is 2.39. The second kappa shape index (κ2) is 6.60. The van der Waals surface area contributed by atoms with E-state index in [1.165, 1.54) is 0 Å². The number of hydrogen-bond donors (Lipinski definition) is 2. The standard InChI is InChI=1S/C19H17N3O3/c1-12-6-8-15(9-7-12)22-18(24)16(11-20-19(22)25)17(23)21-14-5-3-4-13(2)10-14/h3-11H,1-2H3,(H,20,25)(H,21,23). The van der Waals surface area contributed by atoms with Crippen molar-refractivity contribution in [3.05, 3.63) is 92.3 Å². The molecule has 126 valence electrons. The van der Waals surface area contributed by atoms with E-state index >= 15 is 0 Å². The van der Waals surface area contributed by atoms with Gasteiger partial charge in [-0.15, -0.1) is 0 Å². The van der Waals surface area contributed by atoms with Crippen LogP contribution in [0, 0.1) is 13.8 Å². The molecular formula is C19H17N3O3. The number of aryl methyl sites for hydroxylation is 2. The van der Waals surface area contributed by atoms with E-state index in [1.807, 2.05) is 26.0 Å². The average Bonchev–Trinajstić information content (AvgIpc) is 2.56. The van der Waals surface area contributed by atoms with Gasteiger partial charge in [0.25, 0.3) is 11.5 Å². The molecule has 0 bridgehead atoms. The van der Waals surface area contributed by atoms with E-state index in [2.05, 4.69) is 10.3 Å². The Morgan fingerprint density at radius 3 is 2.40 bits per heavy atom. The molecule has 3 aromatic rings. The van der Waals surface area contributed by atoms with Crippen LogP contribution in [0.25, 0.3) is 5.69 Å². The predicted molar refractivity (Wildman–Crippen MR) is 96.5 cm³/mol. The summed E-state index contributed by atoms with van der Waals surface area (Å²) in [6.07, 6.45) is 1.14. The number of amides is 1. The van der Waals surface area contributed by atoms with Gasteiger partial charge in [0.2, 0.25) is 0 Å². The lowest BCUT2D eigenvalue weighted by Gasteiger charge is -2.09. The molecule has 1 aromatic heterocycles. The number of rotatable bonds is 3. The summed E-state index contributed by atoms with van der Waals surface area (Å²) in [7, 11) is 0. The van der Waals surface area contributed by atoms with Crippen LogP contribution in [0.2, 0.25) is 0 Å². The lowest BCUT2D eigenvalue weighted by molar-refractivity contribution is 0.102. The minimum Gasteiger partial charge on any atom is -0.322 e. The van der Waals surface area contributed by atoms with Crippen molar-refractivity contribution in [2.75, 3.05) is 5.32 Å². The Kier molecular flexibility index (Phi) is 4.35. The summed E-state index contributed by atoms with van der Waals surface area (Å²) >= 11 is 0. The molecule has 0 unspecified atom stereocenters. The summed E-state index contributed by atoms with van der Waals surface area (Å²) < 4.78 is 0.949. The van der Waals surface area contributed by atoms with E-state index in [0.717, 1.165) is 21.9 Å². The summed E-state index contributed by atoms with van der Waals surface area (Å²) in [5.74, 6) is -0.576. The van der Waals surface area contributed by atoms with Crippen molar-refractivity contribution in [2.24, 2.45) is 0 Å². The van der Waals surface area contributed by atoms with Crippen molar-refractivity contribution >= 4 is 11.6 Å². The van der Waals surface area contributed by atoms with Gasteiger partial charge in [0.15, 0.2) is 0 Å².